The summed E-state index contributed by atoms with van der Waals surface area (Å²) in [6.07, 6.45) is 9.69. The molecule has 0 aromatic carbocycles. The molecule has 0 bridgehead atoms. The van der Waals surface area contributed by atoms with E-state index < -0.39 is 0 Å². The zero-order valence-electron chi connectivity index (χ0n) is 13.5. The maximum atomic E-state index is 3.76. The molecule has 0 aliphatic carbocycles. The molecular formula is C17H33BrN2. The SMILES string of the molecule is CCC(CC)(CBr)CN1CCC(N2CCCCC2)CC1. The number of rotatable bonds is 6. The minimum Gasteiger partial charge on any atom is -0.303 e. The van der Waals surface area contributed by atoms with Crippen LogP contribution in [-0.4, -0.2) is 53.9 Å². The normalized spacial score (nSPS) is 24.1. The van der Waals surface area contributed by atoms with E-state index in [0.717, 1.165) is 11.4 Å². The van der Waals surface area contributed by atoms with Crippen LogP contribution in [0.3, 0.4) is 0 Å². The van der Waals surface area contributed by atoms with E-state index >= 15 is 0 Å². The maximum Gasteiger partial charge on any atom is 0.0120 e. The highest BCUT2D eigenvalue weighted by Crippen LogP contribution is 2.31. The highest BCUT2D eigenvalue weighted by atomic mass is 79.9. The van der Waals surface area contributed by atoms with Crippen molar-refractivity contribution in [3.05, 3.63) is 0 Å². The summed E-state index contributed by atoms with van der Waals surface area (Å²) in [5.74, 6) is 0. The Morgan fingerprint density at radius 1 is 0.950 bits per heavy atom. The van der Waals surface area contributed by atoms with E-state index in [1.165, 1.54) is 77.7 Å². The van der Waals surface area contributed by atoms with Crippen molar-refractivity contribution in [3.63, 3.8) is 0 Å². The monoisotopic (exact) mass is 344 g/mol. The van der Waals surface area contributed by atoms with Crippen LogP contribution in [0.15, 0.2) is 0 Å². The average molecular weight is 345 g/mol. The summed E-state index contributed by atoms with van der Waals surface area (Å²) in [4.78, 5) is 5.51. The predicted molar refractivity (Wildman–Crippen MR) is 91.7 cm³/mol. The van der Waals surface area contributed by atoms with E-state index in [2.05, 4.69) is 39.6 Å². The van der Waals surface area contributed by atoms with Crippen molar-refractivity contribution in [2.45, 2.75) is 64.8 Å². The van der Waals surface area contributed by atoms with Gasteiger partial charge in [0.15, 0.2) is 0 Å². The van der Waals surface area contributed by atoms with E-state index in [4.69, 9.17) is 0 Å². The molecule has 0 amide bonds. The van der Waals surface area contributed by atoms with Crippen molar-refractivity contribution in [1.29, 1.82) is 0 Å². The predicted octanol–water partition coefficient (Wildman–Crippen LogP) is 4.14. The van der Waals surface area contributed by atoms with Gasteiger partial charge in [0.05, 0.1) is 0 Å². The van der Waals surface area contributed by atoms with Gasteiger partial charge in [0, 0.05) is 17.9 Å². The molecule has 0 aromatic heterocycles. The summed E-state index contributed by atoms with van der Waals surface area (Å²) >= 11 is 3.76. The Balaban J connectivity index is 1.78. The molecule has 2 saturated heterocycles. The quantitative estimate of drug-likeness (QED) is 0.668. The van der Waals surface area contributed by atoms with Crippen molar-refractivity contribution in [1.82, 2.24) is 9.80 Å². The average Bonchev–Trinajstić information content (AvgIpc) is 2.54. The number of likely N-dealkylation sites (tertiary alicyclic amines) is 2. The molecule has 0 N–H and O–H groups in total. The number of nitrogens with zero attached hydrogens (tertiary/aromatic N) is 2. The Hall–Kier alpha value is 0.400. The van der Waals surface area contributed by atoms with Gasteiger partial charge in [-0.25, -0.2) is 0 Å². The summed E-state index contributed by atoms with van der Waals surface area (Å²) in [5.41, 5.74) is 0.498. The number of hydrogen-bond donors (Lipinski definition) is 0. The third kappa shape index (κ3) is 4.20. The molecule has 2 aliphatic rings. The Kier molecular flexibility index (Phi) is 6.83. The molecule has 2 nitrogen and oxygen atoms in total. The fraction of sp³-hybridized carbons (Fsp3) is 1.00. The second-order valence-corrected chi connectivity index (χ2v) is 7.51. The molecule has 0 radical (unpaired) electrons. The molecule has 2 fully saturated rings. The van der Waals surface area contributed by atoms with E-state index in [9.17, 15) is 0 Å². The molecule has 118 valence electrons. The molecule has 0 unspecified atom stereocenters. The van der Waals surface area contributed by atoms with Crippen LogP contribution in [-0.2, 0) is 0 Å². The standard InChI is InChI=1S/C17H33BrN2/c1-3-17(4-2,14-18)15-19-12-8-16(9-13-19)20-10-6-5-7-11-20/h16H,3-15H2,1-2H3. The second kappa shape index (κ2) is 8.14. The van der Waals surface area contributed by atoms with Crippen LogP contribution in [0.4, 0.5) is 0 Å². The first-order chi connectivity index (χ1) is 9.73. The molecule has 0 aromatic rings. The lowest BCUT2D eigenvalue weighted by molar-refractivity contribution is 0.0697. The summed E-state index contributed by atoms with van der Waals surface area (Å²) in [6.45, 7) is 11.3. The first-order valence-electron chi connectivity index (χ1n) is 8.75. The van der Waals surface area contributed by atoms with Crippen molar-refractivity contribution in [2.75, 3.05) is 38.1 Å². The molecule has 0 saturated carbocycles. The lowest BCUT2D eigenvalue weighted by Gasteiger charge is -2.43. The van der Waals surface area contributed by atoms with Gasteiger partial charge in [-0.1, -0.05) is 36.2 Å². The van der Waals surface area contributed by atoms with Crippen molar-refractivity contribution < 1.29 is 0 Å². The van der Waals surface area contributed by atoms with E-state index in [-0.39, 0.29) is 0 Å². The second-order valence-electron chi connectivity index (χ2n) is 6.94. The fourth-order valence-corrected chi connectivity index (χ4v) is 4.88. The van der Waals surface area contributed by atoms with Crippen molar-refractivity contribution in [2.24, 2.45) is 5.41 Å². The smallest absolute Gasteiger partial charge is 0.0120 e. The molecule has 3 heteroatoms. The highest BCUT2D eigenvalue weighted by Gasteiger charge is 2.31. The first-order valence-corrected chi connectivity index (χ1v) is 9.87. The number of halogens is 1. The van der Waals surface area contributed by atoms with Gasteiger partial charge in [0.1, 0.15) is 0 Å². The first kappa shape index (κ1) is 16.8. The van der Waals surface area contributed by atoms with Crippen LogP contribution in [0.25, 0.3) is 0 Å². The van der Waals surface area contributed by atoms with Crippen LogP contribution < -0.4 is 0 Å². The van der Waals surface area contributed by atoms with Crippen molar-refractivity contribution in [3.8, 4) is 0 Å². The molecule has 0 atom stereocenters. The molecular weight excluding hydrogens is 312 g/mol. The fourth-order valence-electron chi connectivity index (χ4n) is 3.91. The minimum atomic E-state index is 0.498. The Bertz CT molecular complexity index is 256. The summed E-state index contributed by atoms with van der Waals surface area (Å²) in [5, 5.41) is 1.15. The van der Waals surface area contributed by atoms with Gasteiger partial charge in [-0.2, -0.15) is 0 Å². The zero-order valence-corrected chi connectivity index (χ0v) is 15.1. The minimum absolute atomic E-state index is 0.498. The summed E-state index contributed by atoms with van der Waals surface area (Å²) in [6, 6.07) is 0.883. The third-order valence-electron chi connectivity index (χ3n) is 5.81. The number of piperidine rings is 2. The van der Waals surface area contributed by atoms with Gasteiger partial charge in [-0.3, -0.25) is 0 Å². The van der Waals surface area contributed by atoms with Gasteiger partial charge in [-0.15, -0.1) is 0 Å². The molecule has 0 spiro atoms. The zero-order chi connectivity index (χ0) is 14.4. The van der Waals surface area contributed by atoms with Crippen molar-refractivity contribution >= 4 is 15.9 Å². The lowest BCUT2D eigenvalue weighted by Crippen LogP contribution is -2.49. The Morgan fingerprint density at radius 2 is 1.55 bits per heavy atom. The lowest BCUT2D eigenvalue weighted by atomic mass is 9.83. The Labute approximate surface area is 134 Å². The van der Waals surface area contributed by atoms with E-state index in [1.807, 2.05) is 0 Å². The van der Waals surface area contributed by atoms with Crippen LogP contribution in [0.5, 0.6) is 0 Å². The molecule has 2 heterocycles. The van der Waals surface area contributed by atoms with Gasteiger partial charge >= 0.3 is 0 Å². The third-order valence-corrected chi connectivity index (χ3v) is 7.00. The number of hydrogen-bond acceptors (Lipinski definition) is 2. The van der Waals surface area contributed by atoms with E-state index in [0.29, 0.717) is 5.41 Å². The van der Waals surface area contributed by atoms with Gasteiger partial charge in [0.2, 0.25) is 0 Å². The van der Waals surface area contributed by atoms with Crippen LogP contribution in [0.2, 0.25) is 0 Å². The molecule has 2 rings (SSSR count). The highest BCUT2D eigenvalue weighted by molar-refractivity contribution is 9.09. The van der Waals surface area contributed by atoms with Gasteiger partial charge < -0.3 is 9.80 Å². The molecule has 2 aliphatic heterocycles. The van der Waals surface area contributed by atoms with E-state index in [1.54, 1.807) is 0 Å². The summed E-state index contributed by atoms with van der Waals surface area (Å²) < 4.78 is 0. The Morgan fingerprint density at radius 3 is 2.05 bits per heavy atom. The maximum absolute atomic E-state index is 3.76. The largest absolute Gasteiger partial charge is 0.303 e. The van der Waals surface area contributed by atoms with Gasteiger partial charge in [0.25, 0.3) is 0 Å². The van der Waals surface area contributed by atoms with Gasteiger partial charge in [-0.05, 0) is 70.1 Å². The van der Waals surface area contributed by atoms with Crippen LogP contribution in [0, 0.1) is 5.41 Å². The van der Waals surface area contributed by atoms with Crippen LogP contribution in [0.1, 0.15) is 58.8 Å². The molecule has 20 heavy (non-hydrogen) atoms. The topological polar surface area (TPSA) is 6.48 Å². The number of alkyl halides is 1. The summed E-state index contributed by atoms with van der Waals surface area (Å²) in [7, 11) is 0. The van der Waals surface area contributed by atoms with Crippen LogP contribution >= 0.6 is 15.9 Å².